The number of carbonyl (C=O) groups excluding carboxylic acids is 2. The Hall–Kier alpha value is -5.80. The van der Waals surface area contributed by atoms with Gasteiger partial charge in [0.05, 0.1) is 16.6 Å². The summed E-state index contributed by atoms with van der Waals surface area (Å²) < 4.78 is 2.31. The van der Waals surface area contributed by atoms with Crippen LogP contribution in [0.2, 0.25) is 0 Å². The monoisotopic (exact) mass is 549 g/mol. The molecule has 0 bridgehead atoms. The van der Waals surface area contributed by atoms with Gasteiger partial charge in [-0.1, -0.05) is 91.0 Å². The van der Waals surface area contributed by atoms with Crippen molar-refractivity contribution in [2.24, 2.45) is 0 Å². The minimum atomic E-state index is -0.213. The molecule has 0 amide bonds. The molecule has 0 aliphatic heterocycles. The summed E-state index contributed by atoms with van der Waals surface area (Å²) in [5.41, 5.74) is 5.27. The van der Waals surface area contributed by atoms with Gasteiger partial charge >= 0.3 is 0 Å². The van der Waals surface area contributed by atoms with E-state index in [0.29, 0.717) is 11.1 Å². The SMILES string of the molecule is O=C1C(=Cc2ccc3c(c2)c2c4ccccc4ccc2n3-c2ccc3ccccc3c2)C(=O)c2cc3ccccc3cc21. The fourth-order valence-electron chi connectivity index (χ4n) is 6.80. The van der Waals surface area contributed by atoms with Gasteiger partial charge < -0.3 is 4.57 Å². The first kappa shape index (κ1) is 23.9. The van der Waals surface area contributed by atoms with E-state index in [4.69, 9.17) is 0 Å². The van der Waals surface area contributed by atoms with Gasteiger partial charge in [0.15, 0.2) is 11.6 Å². The molecule has 9 rings (SSSR count). The molecule has 3 nitrogen and oxygen atoms in total. The Bertz CT molecular complexity index is 2490. The van der Waals surface area contributed by atoms with Crippen LogP contribution in [0.3, 0.4) is 0 Å². The lowest BCUT2D eigenvalue weighted by atomic mass is 10.0. The highest BCUT2D eigenvalue weighted by Crippen LogP contribution is 2.39. The third-order valence-corrected chi connectivity index (χ3v) is 8.85. The number of hydrogen-bond donors (Lipinski definition) is 0. The van der Waals surface area contributed by atoms with Crippen LogP contribution in [-0.4, -0.2) is 16.1 Å². The molecule has 0 fully saturated rings. The Morgan fingerprint density at radius 1 is 0.465 bits per heavy atom. The van der Waals surface area contributed by atoms with Gasteiger partial charge in [0.25, 0.3) is 0 Å². The van der Waals surface area contributed by atoms with E-state index >= 15 is 0 Å². The number of benzene rings is 7. The van der Waals surface area contributed by atoms with E-state index in [1.165, 1.54) is 21.5 Å². The van der Waals surface area contributed by atoms with Crippen molar-refractivity contribution in [2.45, 2.75) is 0 Å². The Morgan fingerprint density at radius 2 is 1.05 bits per heavy atom. The molecule has 200 valence electrons. The average Bonchev–Trinajstić information content (AvgIpc) is 3.50. The molecule has 1 heterocycles. The molecule has 1 aromatic heterocycles. The highest BCUT2D eigenvalue weighted by molar-refractivity contribution is 6.42. The predicted molar refractivity (Wildman–Crippen MR) is 176 cm³/mol. The van der Waals surface area contributed by atoms with Crippen molar-refractivity contribution in [3.8, 4) is 5.69 Å². The van der Waals surface area contributed by atoms with E-state index in [1.54, 1.807) is 6.08 Å². The van der Waals surface area contributed by atoms with Crippen molar-refractivity contribution in [1.82, 2.24) is 4.57 Å². The molecule has 0 saturated heterocycles. The van der Waals surface area contributed by atoms with Crippen LogP contribution in [0.25, 0.3) is 65.9 Å². The first-order valence-electron chi connectivity index (χ1n) is 14.4. The maximum Gasteiger partial charge on any atom is 0.197 e. The quantitative estimate of drug-likeness (QED) is 0.159. The molecule has 1 aliphatic rings. The van der Waals surface area contributed by atoms with Crippen LogP contribution in [-0.2, 0) is 0 Å². The molecule has 3 heteroatoms. The number of hydrogen-bond acceptors (Lipinski definition) is 2. The third-order valence-electron chi connectivity index (χ3n) is 8.85. The highest BCUT2D eigenvalue weighted by atomic mass is 16.2. The van der Waals surface area contributed by atoms with Crippen LogP contribution in [0.15, 0.2) is 139 Å². The Labute approximate surface area is 246 Å². The fourth-order valence-corrected chi connectivity index (χ4v) is 6.80. The molecule has 0 radical (unpaired) electrons. The summed E-state index contributed by atoms with van der Waals surface area (Å²) in [6, 6.07) is 45.5. The molecule has 7 aromatic carbocycles. The zero-order valence-electron chi connectivity index (χ0n) is 23.0. The van der Waals surface area contributed by atoms with E-state index < -0.39 is 0 Å². The van der Waals surface area contributed by atoms with E-state index in [-0.39, 0.29) is 17.1 Å². The third kappa shape index (κ3) is 3.49. The molecule has 43 heavy (non-hydrogen) atoms. The van der Waals surface area contributed by atoms with E-state index in [2.05, 4.69) is 95.6 Å². The molecular formula is C40H23NO2. The van der Waals surface area contributed by atoms with Gasteiger partial charge in [-0.25, -0.2) is 0 Å². The molecule has 8 aromatic rings. The standard InChI is InChI=1S/C40H23NO2/c42-39-32-22-28-10-3-4-11-29(28)23-33(32)40(43)35(39)20-24-13-17-36-34(19-24)38-31-12-6-5-8-26(31)15-18-37(38)41(36)30-16-14-25-7-1-2-9-27(25)21-30/h1-23H. The maximum absolute atomic E-state index is 13.5. The van der Waals surface area contributed by atoms with Crippen molar-refractivity contribution in [2.75, 3.05) is 0 Å². The average molecular weight is 550 g/mol. The highest BCUT2D eigenvalue weighted by Gasteiger charge is 2.33. The van der Waals surface area contributed by atoms with Gasteiger partial charge in [-0.3, -0.25) is 9.59 Å². The number of fused-ring (bicyclic) bond motifs is 8. The van der Waals surface area contributed by atoms with Gasteiger partial charge in [0.2, 0.25) is 0 Å². The number of ketones is 2. The van der Waals surface area contributed by atoms with Crippen LogP contribution < -0.4 is 0 Å². The molecule has 1 aliphatic carbocycles. The van der Waals surface area contributed by atoms with E-state index in [1.807, 2.05) is 42.5 Å². The van der Waals surface area contributed by atoms with Gasteiger partial charge in [0.1, 0.15) is 0 Å². The van der Waals surface area contributed by atoms with Crippen molar-refractivity contribution < 1.29 is 9.59 Å². The van der Waals surface area contributed by atoms with E-state index in [9.17, 15) is 9.59 Å². The van der Waals surface area contributed by atoms with Crippen molar-refractivity contribution >= 4 is 71.8 Å². The summed E-state index contributed by atoms with van der Waals surface area (Å²) in [4.78, 5) is 27.0. The summed E-state index contributed by atoms with van der Waals surface area (Å²) in [5, 5.41) is 8.86. The van der Waals surface area contributed by atoms with Crippen molar-refractivity contribution in [3.63, 3.8) is 0 Å². The zero-order chi connectivity index (χ0) is 28.7. The topological polar surface area (TPSA) is 39.1 Å². The molecular weight excluding hydrogens is 526 g/mol. The van der Waals surface area contributed by atoms with Gasteiger partial charge in [-0.05, 0) is 86.4 Å². The minimum absolute atomic E-state index is 0.213. The van der Waals surface area contributed by atoms with Gasteiger partial charge in [-0.15, -0.1) is 0 Å². The molecule has 0 N–H and O–H groups in total. The van der Waals surface area contributed by atoms with Crippen LogP contribution in [0.1, 0.15) is 26.3 Å². The van der Waals surface area contributed by atoms with Crippen molar-refractivity contribution in [3.05, 3.63) is 156 Å². The Balaban J connectivity index is 1.27. The lowest BCUT2D eigenvalue weighted by Crippen LogP contribution is -2.00. The lowest BCUT2D eigenvalue weighted by Gasteiger charge is -2.10. The number of rotatable bonds is 2. The maximum atomic E-state index is 13.5. The number of Topliss-reactive ketones (excluding diaryl/α,β-unsaturated/α-hetero) is 2. The Morgan fingerprint density at radius 3 is 1.77 bits per heavy atom. The fraction of sp³-hybridized carbons (Fsp3) is 0. The van der Waals surface area contributed by atoms with Crippen LogP contribution >= 0.6 is 0 Å². The zero-order valence-corrected chi connectivity index (χ0v) is 23.0. The first-order chi connectivity index (χ1) is 21.1. The molecule has 0 saturated carbocycles. The second kappa shape index (κ2) is 8.85. The normalized spacial score (nSPS) is 13.2. The minimum Gasteiger partial charge on any atom is -0.309 e. The van der Waals surface area contributed by atoms with Crippen LogP contribution in [0.5, 0.6) is 0 Å². The summed E-state index contributed by atoms with van der Waals surface area (Å²) in [7, 11) is 0. The molecule has 0 unspecified atom stereocenters. The first-order valence-corrected chi connectivity index (χ1v) is 14.4. The number of allylic oxidation sites excluding steroid dienone is 1. The number of nitrogens with zero attached hydrogens (tertiary/aromatic N) is 1. The van der Waals surface area contributed by atoms with Crippen LogP contribution in [0, 0.1) is 0 Å². The summed E-state index contributed by atoms with van der Waals surface area (Å²) in [5.74, 6) is -0.426. The van der Waals surface area contributed by atoms with Crippen LogP contribution in [0.4, 0.5) is 0 Å². The van der Waals surface area contributed by atoms with Gasteiger partial charge in [0, 0.05) is 27.6 Å². The molecule has 0 atom stereocenters. The van der Waals surface area contributed by atoms with Crippen molar-refractivity contribution in [1.29, 1.82) is 0 Å². The Kier molecular flexibility index (Phi) is 4.91. The van der Waals surface area contributed by atoms with E-state index in [0.717, 1.165) is 43.8 Å². The molecule has 0 spiro atoms. The number of carbonyl (C=O) groups is 2. The number of aromatic nitrogens is 1. The predicted octanol–water partition coefficient (Wildman–Crippen LogP) is 9.71. The summed E-state index contributed by atoms with van der Waals surface area (Å²) >= 11 is 0. The van der Waals surface area contributed by atoms with Gasteiger partial charge in [-0.2, -0.15) is 0 Å². The lowest BCUT2D eigenvalue weighted by molar-refractivity contribution is 0.0990. The summed E-state index contributed by atoms with van der Waals surface area (Å²) in [6.07, 6.45) is 1.76. The largest absolute Gasteiger partial charge is 0.309 e. The smallest absolute Gasteiger partial charge is 0.197 e. The summed E-state index contributed by atoms with van der Waals surface area (Å²) in [6.45, 7) is 0. The second-order valence-electron chi connectivity index (χ2n) is 11.3. The second-order valence-corrected chi connectivity index (χ2v) is 11.3.